The van der Waals surface area contributed by atoms with Crippen LogP contribution in [0.2, 0.25) is 0 Å². The predicted octanol–water partition coefficient (Wildman–Crippen LogP) is 2.28. The van der Waals surface area contributed by atoms with Crippen molar-refractivity contribution in [1.29, 1.82) is 0 Å². The normalized spacial score (nSPS) is 28.6. The fourth-order valence-electron chi connectivity index (χ4n) is 4.64. The van der Waals surface area contributed by atoms with E-state index in [-0.39, 0.29) is 24.5 Å². The standard InChI is InChI=1S/C18H21N3O3/c1-2-18(17(23)24)9-13-7-8-15(18)21(13)16(22)11-20-10-12-5-3-4-6-14(12)19-20/h3-6,10,13,15H,2,7-9,11H2,1H3,(H,23,24)/t13-,15+,18+/m0/s1. The quantitative estimate of drug-likeness (QED) is 0.935. The van der Waals surface area contributed by atoms with Crippen LogP contribution in [0.25, 0.3) is 10.9 Å². The van der Waals surface area contributed by atoms with Crippen molar-refractivity contribution in [2.24, 2.45) is 5.41 Å². The first kappa shape index (κ1) is 15.2. The van der Waals surface area contributed by atoms with Gasteiger partial charge in [0.1, 0.15) is 6.54 Å². The van der Waals surface area contributed by atoms with E-state index in [2.05, 4.69) is 5.10 Å². The number of hydrogen-bond donors (Lipinski definition) is 1. The van der Waals surface area contributed by atoms with Gasteiger partial charge in [-0.05, 0) is 31.7 Å². The number of nitrogens with zero attached hydrogens (tertiary/aromatic N) is 3. The molecule has 6 heteroatoms. The largest absolute Gasteiger partial charge is 0.481 e. The van der Waals surface area contributed by atoms with Crippen LogP contribution in [0.5, 0.6) is 0 Å². The van der Waals surface area contributed by atoms with Gasteiger partial charge in [0.2, 0.25) is 5.91 Å². The number of hydrogen-bond acceptors (Lipinski definition) is 3. The average molecular weight is 327 g/mol. The Kier molecular flexibility index (Phi) is 3.37. The van der Waals surface area contributed by atoms with E-state index in [1.165, 1.54) is 0 Å². The molecule has 2 aliphatic heterocycles. The number of aliphatic carboxylic acids is 1. The molecule has 0 aliphatic carbocycles. The molecule has 24 heavy (non-hydrogen) atoms. The van der Waals surface area contributed by atoms with Gasteiger partial charge in [0.05, 0.1) is 10.9 Å². The van der Waals surface area contributed by atoms with Gasteiger partial charge in [0.25, 0.3) is 0 Å². The zero-order valence-electron chi connectivity index (χ0n) is 13.7. The van der Waals surface area contributed by atoms with Crippen molar-refractivity contribution in [3.63, 3.8) is 0 Å². The number of carboxylic acids is 1. The molecule has 3 atom stereocenters. The maximum atomic E-state index is 12.9. The lowest BCUT2D eigenvalue weighted by atomic mass is 9.72. The summed E-state index contributed by atoms with van der Waals surface area (Å²) in [6.45, 7) is 2.08. The smallest absolute Gasteiger partial charge is 0.311 e. The fraction of sp³-hybridized carbons (Fsp3) is 0.500. The molecule has 4 rings (SSSR count). The molecule has 6 nitrogen and oxygen atoms in total. The summed E-state index contributed by atoms with van der Waals surface area (Å²) in [5.74, 6) is -0.785. The number of carbonyl (C=O) groups is 2. The van der Waals surface area contributed by atoms with E-state index >= 15 is 0 Å². The summed E-state index contributed by atoms with van der Waals surface area (Å²) in [5.41, 5.74) is 0.0936. The SMILES string of the molecule is CC[C@@]1(C(=O)O)C[C@@H]2CC[C@H]1N2C(=O)Cn1cc2ccccc2n1. The van der Waals surface area contributed by atoms with Crippen molar-refractivity contribution in [1.82, 2.24) is 14.7 Å². The van der Waals surface area contributed by atoms with Crippen molar-refractivity contribution in [2.45, 2.75) is 51.2 Å². The van der Waals surface area contributed by atoms with Gasteiger partial charge in [-0.15, -0.1) is 0 Å². The van der Waals surface area contributed by atoms with Gasteiger partial charge >= 0.3 is 5.97 Å². The minimum Gasteiger partial charge on any atom is -0.481 e. The Bertz CT molecular complexity index is 782. The Morgan fingerprint density at radius 2 is 2.12 bits per heavy atom. The summed E-state index contributed by atoms with van der Waals surface area (Å²) in [5, 5.41) is 15.2. The number of fused-ring (bicyclic) bond motifs is 3. The molecule has 3 heterocycles. The highest BCUT2D eigenvalue weighted by Crippen LogP contribution is 2.51. The average Bonchev–Trinajstić information content (AvgIpc) is 3.24. The Balaban J connectivity index is 1.58. The molecule has 126 valence electrons. The molecule has 2 saturated heterocycles. The van der Waals surface area contributed by atoms with Crippen LogP contribution >= 0.6 is 0 Å². The molecule has 0 spiro atoms. The summed E-state index contributed by atoms with van der Waals surface area (Å²) in [6.07, 6.45) is 4.72. The van der Waals surface area contributed by atoms with E-state index in [4.69, 9.17) is 0 Å². The topological polar surface area (TPSA) is 75.4 Å². The molecule has 0 saturated carbocycles. The molecule has 2 aliphatic rings. The van der Waals surface area contributed by atoms with Crippen LogP contribution in [-0.4, -0.2) is 43.7 Å². The molecule has 2 aromatic rings. The number of carbonyl (C=O) groups excluding carboxylic acids is 1. The van der Waals surface area contributed by atoms with E-state index < -0.39 is 11.4 Å². The second-order valence-corrected chi connectivity index (χ2v) is 6.95. The summed E-state index contributed by atoms with van der Waals surface area (Å²) in [6, 6.07) is 7.63. The summed E-state index contributed by atoms with van der Waals surface area (Å²) < 4.78 is 1.67. The molecule has 1 aromatic carbocycles. The third-order valence-corrected chi connectivity index (χ3v) is 5.84. The van der Waals surface area contributed by atoms with Crippen molar-refractivity contribution in [2.75, 3.05) is 0 Å². The van der Waals surface area contributed by atoms with Crippen LogP contribution in [0.4, 0.5) is 0 Å². The maximum Gasteiger partial charge on any atom is 0.311 e. The zero-order chi connectivity index (χ0) is 16.9. The van der Waals surface area contributed by atoms with E-state index in [1.807, 2.05) is 42.3 Å². The van der Waals surface area contributed by atoms with Gasteiger partial charge in [-0.2, -0.15) is 5.10 Å². The van der Waals surface area contributed by atoms with Crippen LogP contribution in [-0.2, 0) is 16.1 Å². The van der Waals surface area contributed by atoms with Gasteiger partial charge in [-0.1, -0.05) is 25.1 Å². The first-order valence-electron chi connectivity index (χ1n) is 8.52. The van der Waals surface area contributed by atoms with E-state index in [9.17, 15) is 14.7 Å². The minimum atomic E-state index is -0.770. The predicted molar refractivity (Wildman–Crippen MR) is 88.4 cm³/mol. The summed E-state index contributed by atoms with van der Waals surface area (Å²) in [7, 11) is 0. The third-order valence-electron chi connectivity index (χ3n) is 5.84. The fourth-order valence-corrected chi connectivity index (χ4v) is 4.64. The molecular weight excluding hydrogens is 306 g/mol. The second kappa shape index (κ2) is 5.33. The van der Waals surface area contributed by atoms with Crippen LogP contribution in [0, 0.1) is 5.41 Å². The Morgan fingerprint density at radius 1 is 1.33 bits per heavy atom. The summed E-state index contributed by atoms with van der Waals surface area (Å²) in [4.78, 5) is 26.5. The lowest BCUT2D eigenvalue weighted by Gasteiger charge is -2.32. The van der Waals surface area contributed by atoms with Crippen LogP contribution in [0.1, 0.15) is 32.6 Å². The molecule has 2 bridgehead atoms. The molecule has 0 radical (unpaired) electrons. The van der Waals surface area contributed by atoms with Crippen molar-refractivity contribution in [3.8, 4) is 0 Å². The number of carboxylic acid groups (broad SMARTS) is 1. The third kappa shape index (κ3) is 2.05. The van der Waals surface area contributed by atoms with Crippen LogP contribution < -0.4 is 0 Å². The van der Waals surface area contributed by atoms with Crippen molar-refractivity contribution in [3.05, 3.63) is 30.5 Å². The first-order chi connectivity index (χ1) is 11.5. The zero-order valence-corrected chi connectivity index (χ0v) is 13.7. The Labute approximate surface area is 140 Å². The van der Waals surface area contributed by atoms with Crippen molar-refractivity contribution >= 4 is 22.8 Å². The second-order valence-electron chi connectivity index (χ2n) is 6.95. The molecule has 1 amide bonds. The van der Waals surface area contributed by atoms with Gasteiger partial charge in [0.15, 0.2) is 0 Å². The monoisotopic (exact) mass is 327 g/mol. The molecule has 1 N–H and O–H groups in total. The van der Waals surface area contributed by atoms with Crippen LogP contribution in [0.15, 0.2) is 30.5 Å². The van der Waals surface area contributed by atoms with Gasteiger partial charge in [-0.3, -0.25) is 14.3 Å². The molecule has 2 fully saturated rings. The van der Waals surface area contributed by atoms with Crippen LogP contribution in [0.3, 0.4) is 0 Å². The Morgan fingerprint density at radius 3 is 2.79 bits per heavy atom. The molecule has 0 unspecified atom stereocenters. The van der Waals surface area contributed by atoms with Gasteiger partial charge < -0.3 is 10.0 Å². The first-order valence-corrected chi connectivity index (χ1v) is 8.52. The van der Waals surface area contributed by atoms with E-state index in [1.54, 1.807) is 4.68 Å². The highest BCUT2D eigenvalue weighted by molar-refractivity contribution is 5.83. The number of benzene rings is 1. The lowest BCUT2D eigenvalue weighted by molar-refractivity contribution is -0.151. The van der Waals surface area contributed by atoms with E-state index in [0.29, 0.717) is 12.8 Å². The summed E-state index contributed by atoms with van der Waals surface area (Å²) >= 11 is 0. The number of amides is 1. The molecular formula is C18H21N3O3. The minimum absolute atomic E-state index is 0.0214. The van der Waals surface area contributed by atoms with E-state index in [0.717, 1.165) is 23.7 Å². The highest BCUT2D eigenvalue weighted by Gasteiger charge is 2.60. The van der Waals surface area contributed by atoms with Gasteiger partial charge in [0, 0.05) is 23.7 Å². The van der Waals surface area contributed by atoms with Crippen molar-refractivity contribution < 1.29 is 14.7 Å². The highest BCUT2D eigenvalue weighted by atomic mass is 16.4. The van der Waals surface area contributed by atoms with Gasteiger partial charge in [-0.25, -0.2) is 0 Å². The molecule has 1 aromatic heterocycles. The lowest BCUT2D eigenvalue weighted by Crippen LogP contribution is -2.45. The Hall–Kier alpha value is -2.37. The maximum absolute atomic E-state index is 12.9. The number of aromatic nitrogens is 2. The number of rotatable bonds is 4.